The molecule has 3 heteroatoms. The van der Waals surface area contributed by atoms with Crippen LogP contribution in [0.4, 0.5) is 0 Å². The molecule has 16 heavy (non-hydrogen) atoms. The highest BCUT2D eigenvalue weighted by Gasteiger charge is 2.24. The van der Waals surface area contributed by atoms with E-state index >= 15 is 0 Å². The zero-order valence-corrected chi connectivity index (χ0v) is 9.63. The Morgan fingerprint density at radius 1 is 1.38 bits per heavy atom. The first kappa shape index (κ1) is 11.6. The number of benzene rings is 1. The highest BCUT2D eigenvalue weighted by molar-refractivity contribution is 5.18. The van der Waals surface area contributed by atoms with Gasteiger partial charge in [0.05, 0.1) is 18.8 Å². The van der Waals surface area contributed by atoms with Gasteiger partial charge in [0.1, 0.15) is 0 Å². The molecule has 0 amide bonds. The third-order valence-electron chi connectivity index (χ3n) is 2.83. The van der Waals surface area contributed by atoms with Crippen LogP contribution in [0.25, 0.3) is 0 Å². The van der Waals surface area contributed by atoms with Gasteiger partial charge in [-0.2, -0.15) is 0 Å². The normalized spacial score (nSPS) is 24.2. The van der Waals surface area contributed by atoms with E-state index in [1.807, 2.05) is 25.1 Å². The van der Waals surface area contributed by atoms with E-state index in [9.17, 15) is 0 Å². The molecule has 3 nitrogen and oxygen atoms in total. The molecule has 2 N–H and O–H groups in total. The lowest BCUT2D eigenvalue weighted by molar-refractivity contribution is -0.0269. The molecule has 0 aliphatic carbocycles. The summed E-state index contributed by atoms with van der Waals surface area (Å²) in [6, 6.07) is 10.1. The summed E-state index contributed by atoms with van der Waals surface area (Å²) in [6.07, 6.45) is 1.12. The van der Waals surface area contributed by atoms with Gasteiger partial charge in [0.25, 0.3) is 0 Å². The Morgan fingerprint density at radius 3 is 2.69 bits per heavy atom. The monoisotopic (exact) mass is 221 g/mol. The van der Waals surface area contributed by atoms with Crippen LogP contribution < -0.4 is 5.73 Å². The van der Waals surface area contributed by atoms with Crippen LogP contribution in [-0.2, 0) is 9.47 Å². The summed E-state index contributed by atoms with van der Waals surface area (Å²) in [5.74, 6) is 0. The number of ether oxygens (including phenoxy) is 2. The molecular formula is C13H19NO2. The van der Waals surface area contributed by atoms with E-state index < -0.39 is 0 Å². The molecule has 0 radical (unpaired) electrons. The van der Waals surface area contributed by atoms with E-state index in [0.717, 1.165) is 18.6 Å². The predicted octanol–water partition coefficient (Wildman–Crippen LogP) is 1.88. The summed E-state index contributed by atoms with van der Waals surface area (Å²) >= 11 is 0. The van der Waals surface area contributed by atoms with Gasteiger partial charge in [-0.05, 0) is 18.9 Å². The smallest absolute Gasteiger partial charge is 0.0977 e. The largest absolute Gasteiger partial charge is 0.379 e. The van der Waals surface area contributed by atoms with Gasteiger partial charge in [-0.1, -0.05) is 30.3 Å². The van der Waals surface area contributed by atoms with Crippen LogP contribution in [0.5, 0.6) is 0 Å². The maximum atomic E-state index is 6.01. The topological polar surface area (TPSA) is 44.5 Å². The minimum absolute atomic E-state index is 0.0111. The van der Waals surface area contributed by atoms with Crippen molar-refractivity contribution in [1.82, 2.24) is 0 Å². The van der Waals surface area contributed by atoms with Crippen LogP contribution in [0, 0.1) is 0 Å². The minimum Gasteiger partial charge on any atom is -0.379 e. The van der Waals surface area contributed by atoms with Crippen molar-refractivity contribution in [3.05, 3.63) is 35.9 Å². The van der Waals surface area contributed by atoms with Gasteiger partial charge in [0, 0.05) is 12.6 Å². The summed E-state index contributed by atoms with van der Waals surface area (Å²) in [4.78, 5) is 0. The Bertz CT molecular complexity index is 307. The lowest BCUT2D eigenvalue weighted by Gasteiger charge is -2.24. The number of hydrogen-bond donors (Lipinski definition) is 1. The summed E-state index contributed by atoms with van der Waals surface area (Å²) in [7, 11) is 0. The number of rotatable bonds is 4. The number of nitrogens with two attached hydrogens (primary N) is 1. The third-order valence-corrected chi connectivity index (χ3v) is 2.83. The molecule has 3 atom stereocenters. The Hall–Kier alpha value is -0.900. The first-order chi connectivity index (χ1) is 7.77. The first-order valence-corrected chi connectivity index (χ1v) is 5.81. The van der Waals surface area contributed by atoms with Crippen LogP contribution in [-0.4, -0.2) is 25.4 Å². The zero-order chi connectivity index (χ0) is 11.4. The second-order valence-corrected chi connectivity index (χ2v) is 4.31. The van der Waals surface area contributed by atoms with Gasteiger partial charge in [-0.25, -0.2) is 0 Å². The number of hydrogen-bond acceptors (Lipinski definition) is 3. The zero-order valence-electron chi connectivity index (χ0n) is 9.63. The van der Waals surface area contributed by atoms with Crippen molar-refractivity contribution in [2.75, 3.05) is 13.2 Å². The molecule has 0 aromatic heterocycles. The fraction of sp³-hybridized carbons (Fsp3) is 0.538. The molecule has 3 unspecified atom stereocenters. The Kier molecular flexibility index (Phi) is 3.93. The summed E-state index contributed by atoms with van der Waals surface area (Å²) in [5.41, 5.74) is 7.12. The minimum atomic E-state index is -0.0344. The summed E-state index contributed by atoms with van der Waals surface area (Å²) < 4.78 is 11.3. The Morgan fingerprint density at radius 2 is 2.12 bits per heavy atom. The fourth-order valence-electron chi connectivity index (χ4n) is 1.98. The van der Waals surface area contributed by atoms with E-state index in [-0.39, 0.29) is 18.2 Å². The second-order valence-electron chi connectivity index (χ2n) is 4.31. The average molecular weight is 221 g/mol. The van der Waals surface area contributed by atoms with Crippen molar-refractivity contribution in [2.45, 2.75) is 31.6 Å². The van der Waals surface area contributed by atoms with Gasteiger partial charge in [-0.3, -0.25) is 0 Å². The molecule has 1 aromatic carbocycles. The van der Waals surface area contributed by atoms with E-state index in [4.69, 9.17) is 15.2 Å². The lowest BCUT2D eigenvalue weighted by atomic mass is 10.0. The van der Waals surface area contributed by atoms with Crippen molar-refractivity contribution in [2.24, 2.45) is 5.73 Å². The van der Waals surface area contributed by atoms with Gasteiger partial charge in [0.15, 0.2) is 0 Å². The van der Waals surface area contributed by atoms with Crippen LogP contribution >= 0.6 is 0 Å². The molecule has 2 rings (SSSR count). The van der Waals surface area contributed by atoms with Gasteiger partial charge < -0.3 is 15.2 Å². The van der Waals surface area contributed by atoms with Crippen LogP contribution in [0.2, 0.25) is 0 Å². The predicted molar refractivity (Wildman–Crippen MR) is 63.1 cm³/mol. The van der Waals surface area contributed by atoms with Crippen molar-refractivity contribution >= 4 is 0 Å². The quantitative estimate of drug-likeness (QED) is 0.844. The molecule has 1 heterocycles. The highest BCUT2D eigenvalue weighted by atomic mass is 16.6. The molecule has 1 aromatic rings. The molecule has 1 fully saturated rings. The summed E-state index contributed by atoms with van der Waals surface area (Å²) in [6.45, 7) is 3.47. The van der Waals surface area contributed by atoms with Crippen molar-refractivity contribution in [3.63, 3.8) is 0 Å². The van der Waals surface area contributed by atoms with Crippen molar-refractivity contribution in [3.8, 4) is 0 Å². The summed E-state index contributed by atoms with van der Waals surface area (Å²) in [5, 5.41) is 0. The third kappa shape index (κ3) is 2.82. The molecular weight excluding hydrogens is 202 g/mol. The second kappa shape index (κ2) is 5.43. The molecule has 88 valence electrons. The Balaban J connectivity index is 2.05. The SMILES string of the molecule is CC(N)C(OC1CCOC1)c1ccccc1. The van der Waals surface area contributed by atoms with Crippen molar-refractivity contribution < 1.29 is 9.47 Å². The maximum Gasteiger partial charge on any atom is 0.0977 e. The molecule has 1 aliphatic rings. The maximum absolute atomic E-state index is 6.01. The molecule has 0 saturated carbocycles. The van der Waals surface area contributed by atoms with E-state index in [2.05, 4.69) is 12.1 Å². The van der Waals surface area contributed by atoms with Crippen LogP contribution in [0.1, 0.15) is 25.0 Å². The van der Waals surface area contributed by atoms with Crippen molar-refractivity contribution in [1.29, 1.82) is 0 Å². The standard InChI is InChI=1S/C13H19NO2/c1-10(14)13(11-5-3-2-4-6-11)16-12-7-8-15-9-12/h2-6,10,12-13H,7-9,14H2,1H3. The highest BCUT2D eigenvalue weighted by Crippen LogP contribution is 2.24. The van der Waals surface area contributed by atoms with Gasteiger partial charge >= 0.3 is 0 Å². The van der Waals surface area contributed by atoms with E-state index in [0.29, 0.717) is 6.61 Å². The fourth-order valence-corrected chi connectivity index (χ4v) is 1.98. The van der Waals surface area contributed by atoms with Crippen LogP contribution in [0.15, 0.2) is 30.3 Å². The molecule has 1 saturated heterocycles. The van der Waals surface area contributed by atoms with Gasteiger partial charge in [0.2, 0.25) is 0 Å². The molecule has 0 spiro atoms. The first-order valence-electron chi connectivity index (χ1n) is 5.81. The molecule has 1 aliphatic heterocycles. The van der Waals surface area contributed by atoms with Crippen LogP contribution in [0.3, 0.4) is 0 Å². The van der Waals surface area contributed by atoms with E-state index in [1.165, 1.54) is 0 Å². The molecule has 0 bridgehead atoms. The Labute approximate surface area is 96.5 Å². The van der Waals surface area contributed by atoms with Gasteiger partial charge in [-0.15, -0.1) is 0 Å². The average Bonchev–Trinajstić information content (AvgIpc) is 2.79. The van der Waals surface area contributed by atoms with E-state index in [1.54, 1.807) is 0 Å². The lowest BCUT2D eigenvalue weighted by Crippen LogP contribution is -2.30.